The van der Waals surface area contributed by atoms with Gasteiger partial charge in [-0.3, -0.25) is 0 Å². The van der Waals surface area contributed by atoms with Crippen LogP contribution in [0.5, 0.6) is 11.6 Å². The number of ether oxygens (including phenoxy) is 1. The lowest BCUT2D eigenvalue weighted by Crippen LogP contribution is -2.03. The summed E-state index contributed by atoms with van der Waals surface area (Å²) in [5, 5.41) is 3.29. The zero-order valence-corrected chi connectivity index (χ0v) is 13.7. The molecule has 2 aromatic carbocycles. The Bertz CT molecular complexity index is 937. The van der Waals surface area contributed by atoms with Gasteiger partial charge >= 0.3 is 6.18 Å². The first kappa shape index (κ1) is 16.4. The van der Waals surface area contributed by atoms with Gasteiger partial charge in [0, 0.05) is 24.5 Å². The van der Waals surface area contributed by atoms with Crippen LogP contribution in [-0.4, -0.2) is 11.5 Å². The molecule has 0 unspecified atom stereocenters. The molecule has 1 aliphatic rings. The summed E-state index contributed by atoms with van der Waals surface area (Å²) in [6, 6.07) is 14.3. The molecule has 0 bridgehead atoms. The van der Waals surface area contributed by atoms with Gasteiger partial charge in [0.25, 0.3) is 0 Å². The van der Waals surface area contributed by atoms with Gasteiger partial charge in [0.15, 0.2) is 0 Å². The lowest BCUT2D eigenvalue weighted by atomic mass is 10.0. The fourth-order valence-electron chi connectivity index (χ4n) is 2.96. The lowest BCUT2D eigenvalue weighted by Gasteiger charge is -2.10. The summed E-state index contributed by atoms with van der Waals surface area (Å²) in [6.45, 7) is 0.917. The zero-order chi connectivity index (χ0) is 18.1. The van der Waals surface area contributed by atoms with Crippen molar-refractivity contribution >= 4 is 5.69 Å². The maximum Gasteiger partial charge on any atom is 0.416 e. The molecule has 0 saturated heterocycles. The molecule has 1 aliphatic heterocycles. The highest BCUT2D eigenvalue weighted by Crippen LogP contribution is 2.33. The average Bonchev–Trinajstić information content (AvgIpc) is 3.09. The quantitative estimate of drug-likeness (QED) is 0.670. The molecule has 132 valence electrons. The minimum atomic E-state index is -4.34. The molecule has 3 aromatic rings. The number of fused-ring (bicyclic) bond motifs is 1. The first-order valence-corrected chi connectivity index (χ1v) is 8.17. The number of nitrogens with zero attached hydrogens (tertiary/aromatic N) is 1. The third kappa shape index (κ3) is 3.35. The van der Waals surface area contributed by atoms with Crippen LogP contribution < -0.4 is 10.1 Å². The van der Waals surface area contributed by atoms with Gasteiger partial charge in [-0.2, -0.15) is 13.2 Å². The largest absolute Gasteiger partial charge is 0.439 e. The Morgan fingerprint density at radius 2 is 1.73 bits per heavy atom. The summed E-state index contributed by atoms with van der Waals surface area (Å²) >= 11 is 0. The normalized spacial score (nSPS) is 13.2. The second-order valence-electron chi connectivity index (χ2n) is 6.06. The van der Waals surface area contributed by atoms with Crippen LogP contribution >= 0.6 is 0 Å². The van der Waals surface area contributed by atoms with Crippen molar-refractivity contribution in [1.82, 2.24) is 4.98 Å². The summed E-state index contributed by atoms with van der Waals surface area (Å²) in [6.07, 6.45) is -1.81. The van der Waals surface area contributed by atoms with Crippen molar-refractivity contribution in [1.29, 1.82) is 0 Å². The molecule has 6 heteroatoms. The predicted octanol–water partition coefficient (Wildman–Crippen LogP) is 5.53. The lowest BCUT2D eigenvalue weighted by molar-refractivity contribution is -0.137. The van der Waals surface area contributed by atoms with Crippen LogP contribution in [0, 0.1) is 0 Å². The van der Waals surface area contributed by atoms with Gasteiger partial charge in [0.2, 0.25) is 5.88 Å². The first-order chi connectivity index (χ1) is 12.5. The smallest absolute Gasteiger partial charge is 0.416 e. The molecule has 0 aliphatic carbocycles. The molecule has 0 radical (unpaired) electrons. The maximum absolute atomic E-state index is 12.7. The molecular weight excluding hydrogens is 341 g/mol. The number of pyridine rings is 1. The average molecular weight is 356 g/mol. The van der Waals surface area contributed by atoms with Crippen molar-refractivity contribution in [2.75, 3.05) is 11.9 Å². The second kappa shape index (κ2) is 6.37. The van der Waals surface area contributed by atoms with Crippen molar-refractivity contribution in [3.63, 3.8) is 0 Å². The summed E-state index contributed by atoms with van der Waals surface area (Å²) < 4.78 is 43.9. The van der Waals surface area contributed by atoms with Crippen molar-refractivity contribution in [2.45, 2.75) is 12.6 Å². The van der Waals surface area contributed by atoms with Crippen molar-refractivity contribution in [3.8, 4) is 22.8 Å². The fourth-order valence-corrected chi connectivity index (χ4v) is 2.96. The van der Waals surface area contributed by atoms with E-state index >= 15 is 0 Å². The monoisotopic (exact) mass is 356 g/mol. The molecule has 2 heterocycles. The van der Waals surface area contributed by atoms with Gasteiger partial charge in [-0.1, -0.05) is 12.1 Å². The predicted molar refractivity (Wildman–Crippen MR) is 93.4 cm³/mol. The van der Waals surface area contributed by atoms with E-state index in [1.165, 1.54) is 17.7 Å². The Morgan fingerprint density at radius 3 is 2.50 bits per heavy atom. The Labute approximate surface area is 148 Å². The van der Waals surface area contributed by atoms with Crippen LogP contribution in [0.15, 0.2) is 60.8 Å². The highest BCUT2D eigenvalue weighted by Gasteiger charge is 2.29. The zero-order valence-electron chi connectivity index (χ0n) is 13.7. The van der Waals surface area contributed by atoms with Crippen LogP contribution in [-0.2, 0) is 12.6 Å². The molecule has 26 heavy (non-hydrogen) atoms. The second-order valence-corrected chi connectivity index (χ2v) is 6.06. The Kier molecular flexibility index (Phi) is 4.03. The van der Waals surface area contributed by atoms with Crippen molar-refractivity contribution in [3.05, 3.63) is 71.9 Å². The van der Waals surface area contributed by atoms with Crippen molar-refractivity contribution < 1.29 is 17.9 Å². The summed E-state index contributed by atoms with van der Waals surface area (Å²) in [5.74, 6) is 1.08. The molecule has 0 amide bonds. The maximum atomic E-state index is 12.7. The van der Waals surface area contributed by atoms with E-state index in [1.807, 2.05) is 18.2 Å². The van der Waals surface area contributed by atoms with E-state index in [2.05, 4.69) is 10.3 Å². The number of hydrogen-bond donors (Lipinski definition) is 1. The molecule has 1 N–H and O–H groups in total. The molecule has 1 aromatic heterocycles. The Morgan fingerprint density at radius 1 is 0.923 bits per heavy atom. The number of rotatable bonds is 3. The SMILES string of the molecule is FC(F)(F)c1ccc(-c2ccnc(Oc3ccc4c(c3)CCN4)c2)cc1. The Balaban J connectivity index is 1.57. The molecule has 0 spiro atoms. The topological polar surface area (TPSA) is 34.1 Å². The van der Waals surface area contributed by atoms with Crippen LogP contribution in [0.3, 0.4) is 0 Å². The summed E-state index contributed by atoms with van der Waals surface area (Å²) in [5.41, 5.74) is 3.05. The number of nitrogens with one attached hydrogen (secondary N) is 1. The minimum Gasteiger partial charge on any atom is -0.439 e. The van der Waals surface area contributed by atoms with Crippen LogP contribution in [0.1, 0.15) is 11.1 Å². The van der Waals surface area contributed by atoms with E-state index in [4.69, 9.17) is 4.74 Å². The molecule has 4 rings (SSSR count). The Hall–Kier alpha value is -3.02. The molecule has 0 saturated carbocycles. The van der Waals surface area contributed by atoms with E-state index in [-0.39, 0.29) is 0 Å². The number of aromatic nitrogens is 1. The number of hydrogen-bond acceptors (Lipinski definition) is 3. The number of halogens is 3. The van der Waals surface area contributed by atoms with E-state index in [9.17, 15) is 13.2 Å². The fraction of sp³-hybridized carbons (Fsp3) is 0.150. The highest BCUT2D eigenvalue weighted by atomic mass is 19.4. The van der Waals surface area contributed by atoms with E-state index in [0.29, 0.717) is 17.2 Å². The van der Waals surface area contributed by atoms with Crippen LogP contribution in [0.4, 0.5) is 18.9 Å². The minimum absolute atomic E-state index is 0.397. The van der Waals surface area contributed by atoms with Crippen molar-refractivity contribution in [2.24, 2.45) is 0 Å². The third-order valence-corrected chi connectivity index (χ3v) is 4.29. The molecule has 3 nitrogen and oxygen atoms in total. The van der Waals surface area contributed by atoms with Crippen LogP contribution in [0.2, 0.25) is 0 Å². The highest BCUT2D eigenvalue weighted by molar-refractivity contribution is 5.65. The van der Waals surface area contributed by atoms with Gasteiger partial charge in [-0.05, 0) is 59.5 Å². The van der Waals surface area contributed by atoms with E-state index in [1.54, 1.807) is 18.3 Å². The summed E-state index contributed by atoms with van der Waals surface area (Å²) in [7, 11) is 0. The van der Waals surface area contributed by atoms with Gasteiger partial charge in [0.05, 0.1) is 5.56 Å². The van der Waals surface area contributed by atoms with E-state index in [0.717, 1.165) is 36.3 Å². The van der Waals surface area contributed by atoms with Gasteiger partial charge in [0.1, 0.15) is 5.75 Å². The standard InChI is InChI=1S/C20H15F3N2O/c21-20(22,23)16-3-1-13(2-4-16)14-7-10-25-19(12-14)26-17-5-6-18-15(11-17)8-9-24-18/h1-7,10-12,24H,8-9H2. The molecular formula is C20H15F3N2O. The van der Waals surface area contributed by atoms with E-state index < -0.39 is 11.7 Å². The van der Waals surface area contributed by atoms with Gasteiger partial charge < -0.3 is 10.1 Å². The molecule has 0 fully saturated rings. The molecule has 0 atom stereocenters. The summed E-state index contributed by atoms with van der Waals surface area (Å²) in [4.78, 5) is 4.19. The van der Waals surface area contributed by atoms with Gasteiger partial charge in [-0.25, -0.2) is 4.98 Å². The number of anilines is 1. The number of benzene rings is 2. The van der Waals surface area contributed by atoms with Gasteiger partial charge in [-0.15, -0.1) is 0 Å². The third-order valence-electron chi connectivity index (χ3n) is 4.29. The van der Waals surface area contributed by atoms with Crippen LogP contribution in [0.25, 0.3) is 11.1 Å². The number of alkyl halides is 3. The first-order valence-electron chi connectivity index (χ1n) is 8.17.